The fraction of sp³-hybridized carbons (Fsp3) is 0.818. The van der Waals surface area contributed by atoms with Gasteiger partial charge in [-0.05, 0) is 32.9 Å². The van der Waals surface area contributed by atoms with Gasteiger partial charge in [-0.2, -0.15) is 0 Å². The zero-order chi connectivity index (χ0) is 11.8. The van der Waals surface area contributed by atoms with Crippen LogP contribution in [0.15, 0.2) is 5.16 Å². The van der Waals surface area contributed by atoms with Crippen LogP contribution in [0.2, 0.25) is 0 Å². The number of hydrogen-bond donors (Lipinski definition) is 2. The monoisotopic (exact) mass is 227 g/mol. The Morgan fingerprint density at radius 2 is 2.06 bits per heavy atom. The number of oxime groups is 1. The molecule has 0 aromatic rings. The quantitative estimate of drug-likeness (QED) is 0.425. The van der Waals surface area contributed by atoms with Gasteiger partial charge in [-0.25, -0.2) is 0 Å². The highest BCUT2D eigenvalue weighted by Crippen LogP contribution is 2.09. The summed E-state index contributed by atoms with van der Waals surface area (Å²) >= 11 is 0. The molecule has 1 amide bonds. The van der Waals surface area contributed by atoms with Crippen molar-refractivity contribution in [1.29, 1.82) is 0 Å². The Morgan fingerprint density at radius 3 is 2.62 bits per heavy atom. The third kappa shape index (κ3) is 5.11. The smallest absolute Gasteiger partial charge is 0.266 e. The molecule has 0 unspecified atom stereocenters. The summed E-state index contributed by atoms with van der Waals surface area (Å²) < 4.78 is 0. The first kappa shape index (κ1) is 13.0. The molecular formula is C11H21N3O2. The predicted molar refractivity (Wildman–Crippen MR) is 62.8 cm³/mol. The van der Waals surface area contributed by atoms with E-state index in [0.717, 1.165) is 25.8 Å². The van der Waals surface area contributed by atoms with Gasteiger partial charge in [-0.15, -0.1) is 0 Å². The van der Waals surface area contributed by atoms with E-state index < -0.39 is 0 Å². The van der Waals surface area contributed by atoms with Gasteiger partial charge in [0.25, 0.3) is 5.91 Å². The molecule has 1 heterocycles. The molecule has 16 heavy (non-hydrogen) atoms. The lowest BCUT2D eigenvalue weighted by Gasteiger charge is -2.24. The topological polar surface area (TPSA) is 64.9 Å². The van der Waals surface area contributed by atoms with Gasteiger partial charge >= 0.3 is 0 Å². The highest BCUT2D eigenvalue weighted by Gasteiger charge is 2.13. The maximum absolute atomic E-state index is 11.1. The van der Waals surface area contributed by atoms with Crippen molar-refractivity contribution in [3.8, 4) is 0 Å². The number of carbonyl (C=O) groups excluding carboxylic acids is 1. The summed E-state index contributed by atoms with van der Waals surface area (Å²) in [5.74, 6) is -0.343. The predicted octanol–water partition coefficient (Wildman–Crippen LogP) is 0.827. The Balaban J connectivity index is 2.26. The molecule has 1 fully saturated rings. The van der Waals surface area contributed by atoms with Crippen LogP contribution in [0.5, 0.6) is 0 Å². The Labute approximate surface area is 96.5 Å². The van der Waals surface area contributed by atoms with Crippen molar-refractivity contribution in [3.63, 3.8) is 0 Å². The highest BCUT2D eigenvalue weighted by atomic mass is 16.4. The van der Waals surface area contributed by atoms with Crippen LogP contribution in [0, 0.1) is 0 Å². The van der Waals surface area contributed by atoms with Crippen LogP contribution in [0.3, 0.4) is 0 Å². The molecule has 0 aromatic heterocycles. The zero-order valence-corrected chi connectivity index (χ0v) is 9.85. The number of carbonyl (C=O) groups is 1. The van der Waals surface area contributed by atoms with E-state index in [1.807, 2.05) is 6.92 Å². The molecule has 0 saturated carbocycles. The lowest BCUT2D eigenvalue weighted by Crippen LogP contribution is -2.42. The summed E-state index contributed by atoms with van der Waals surface area (Å²) in [6.45, 7) is 5.07. The summed E-state index contributed by atoms with van der Waals surface area (Å²) in [4.78, 5) is 13.5. The van der Waals surface area contributed by atoms with E-state index >= 15 is 0 Å². The van der Waals surface area contributed by atoms with E-state index in [-0.39, 0.29) is 11.9 Å². The number of amides is 1. The van der Waals surface area contributed by atoms with Gasteiger partial charge in [0.15, 0.2) is 0 Å². The molecule has 1 atom stereocenters. The number of hydrogen-bond acceptors (Lipinski definition) is 4. The lowest BCUT2D eigenvalue weighted by atomic mass is 10.2. The van der Waals surface area contributed by atoms with Crippen LogP contribution < -0.4 is 5.32 Å². The van der Waals surface area contributed by atoms with Gasteiger partial charge in [-0.1, -0.05) is 18.0 Å². The SMILES string of the molecule is C[C@@H](CN1CCCCCC1)NC(=O)/C=N/O. The first-order chi connectivity index (χ1) is 7.72. The normalized spacial score (nSPS) is 20.6. The molecule has 1 aliphatic rings. The Morgan fingerprint density at radius 1 is 1.44 bits per heavy atom. The average molecular weight is 227 g/mol. The van der Waals surface area contributed by atoms with Crippen LogP contribution in [0.25, 0.3) is 0 Å². The van der Waals surface area contributed by atoms with E-state index in [0.29, 0.717) is 0 Å². The molecule has 0 bridgehead atoms. The van der Waals surface area contributed by atoms with E-state index in [2.05, 4.69) is 15.4 Å². The van der Waals surface area contributed by atoms with Crippen molar-refractivity contribution in [2.75, 3.05) is 19.6 Å². The Bertz CT molecular complexity index is 235. The second-order valence-corrected chi connectivity index (χ2v) is 4.37. The molecule has 92 valence electrons. The average Bonchev–Trinajstić information content (AvgIpc) is 2.46. The number of likely N-dealkylation sites (tertiary alicyclic amines) is 1. The lowest BCUT2D eigenvalue weighted by molar-refractivity contribution is -0.115. The maximum Gasteiger partial charge on any atom is 0.266 e. The van der Waals surface area contributed by atoms with E-state index in [1.165, 1.54) is 25.7 Å². The minimum Gasteiger partial charge on any atom is -0.411 e. The van der Waals surface area contributed by atoms with Gasteiger partial charge < -0.3 is 15.4 Å². The highest BCUT2D eigenvalue weighted by molar-refractivity contribution is 6.26. The summed E-state index contributed by atoms with van der Waals surface area (Å²) in [7, 11) is 0. The third-order valence-electron chi connectivity index (χ3n) is 2.79. The van der Waals surface area contributed by atoms with Gasteiger partial charge in [0.1, 0.15) is 6.21 Å². The largest absolute Gasteiger partial charge is 0.411 e. The number of nitrogens with one attached hydrogen (secondary N) is 1. The van der Waals surface area contributed by atoms with Gasteiger partial charge in [0, 0.05) is 12.6 Å². The molecular weight excluding hydrogens is 206 g/mol. The molecule has 5 nitrogen and oxygen atoms in total. The standard InChI is InChI=1S/C11H21N3O2/c1-10(13-11(15)8-12-16)9-14-6-4-2-3-5-7-14/h8,10,16H,2-7,9H2,1H3,(H,13,15)/b12-8+/t10-/m0/s1. The van der Waals surface area contributed by atoms with Crippen molar-refractivity contribution in [2.24, 2.45) is 5.16 Å². The van der Waals surface area contributed by atoms with E-state index in [9.17, 15) is 4.79 Å². The van der Waals surface area contributed by atoms with Crippen LogP contribution in [-0.2, 0) is 4.79 Å². The molecule has 0 aliphatic carbocycles. The Kier molecular flexibility index (Phi) is 5.85. The van der Waals surface area contributed by atoms with Gasteiger partial charge in [-0.3, -0.25) is 4.79 Å². The number of rotatable bonds is 4. The van der Waals surface area contributed by atoms with Crippen LogP contribution in [0.1, 0.15) is 32.6 Å². The zero-order valence-electron chi connectivity index (χ0n) is 9.85. The molecule has 1 saturated heterocycles. The summed E-state index contributed by atoms with van der Waals surface area (Å²) in [6, 6.07) is 0.0867. The van der Waals surface area contributed by atoms with Crippen molar-refractivity contribution >= 4 is 12.1 Å². The minimum atomic E-state index is -0.343. The molecule has 0 aromatic carbocycles. The van der Waals surface area contributed by atoms with Crippen LogP contribution >= 0.6 is 0 Å². The first-order valence-corrected chi connectivity index (χ1v) is 5.92. The molecule has 5 heteroatoms. The summed E-state index contributed by atoms with van der Waals surface area (Å²) in [5, 5.41) is 13.7. The van der Waals surface area contributed by atoms with Crippen LogP contribution in [-0.4, -0.2) is 47.9 Å². The second-order valence-electron chi connectivity index (χ2n) is 4.37. The molecule has 1 rings (SSSR count). The van der Waals surface area contributed by atoms with Crippen molar-refractivity contribution in [3.05, 3.63) is 0 Å². The molecule has 0 spiro atoms. The molecule has 2 N–H and O–H groups in total. The maximum atomic E-state index is 11.1. The molecule has 0 radical (unpaired) electrons. The molecule has 1 aliphatic heterocycles. The Hall–Kier alpha value is -1.10. The first-order valence-electron chi connectivity index (χ1n) is 5.92. The van der Waals surface area contributed by atoms with Crippen LogP contribution in [0.4, 0.5) is 0 Å². The summed E-state index contributed by atoms with van der Waals surface area (Å²) in [6.07, 6.45) is 6.01. The summed E-state index contributed by atoms with van der Waals surface area (Å²) in [5.41, 5.74) is 0. The fourth-order valence-corrected chi connectivity index (χ4v) is 2.08. The third-order valence-corrected chi connectivity index (χ3v) is 2.79. The second kappa shape index (κ2) is 7.22. The number of nitrogens with zero attached hydrogens (tertiary/aromatic N) is 2. The van der Waals surface area contributed by atoms with Gasteiger partial charge in [0.2, 0.25) is 0 Å². The van der Waals surface area contributed by atoms with Gasteiger partial charge in [0.05, 0.1) is 0 Å². The van der Waals surface area contributed by atoms with E-state index in [1.54, 1.807) is 0 Å². The van der Waals surface area contributed by atoms with Crippen molar-refractivity contribution in [1.82, 2.24) is 10.2 Å². The minimum absolute atomic E-state index is 0.0867. The van der Waals surface area contributed by atoms with Crippen molar-refractivity contribution in [2.45, 2.75) is 38.6 Å². The fourth-order valence-electron chi connectivity index (χ4n) is 2.08. The van der Waals surface area contributed by atoms with Crippen molar-refractivity contribution < 1.29 is 10.0 Å². The van der Waals surface area contributed by atoms with E-state index in [4.69, 9.17) is 5.21 Å².